The van der Waals surface area contributed by atoms with Crippen LogP contribution in [0, 0.1) is 0 Å². The molecule has 1 fully saturated rings. The Morgan fingerprint density at radius 1 is 1.45 bits per heavy atom. The van der Waals surface area contributed by atoms with Crippen molar-refractivity contribution in [1.82, 2.24) is 25.5 Å². The van der Waals surface area contributed by atoms with Crippen LogP contribution >= 0.6 is 11.8 Å². The second-order valence-electron chi connectivity index (χ2n) is 5.33. The topological polar surface area (TPSA) is 85.8 Å². The molecule has 0 saturated heterocycles. The van der Waals surface area contributed by atoms with E-state index in [2.05, 4.69) is 20.8 Å². The van der Waals surface area contributed by atoms with Crippen molar-refractivity contribution >= 4 is 17.7 Å². The predicted octanol–water partition coefficient (Wildman–Crippen LogP) is 1.93. The van der Waals surface area contributed by atoms with E-state index in [-0.39, 0.29) is 5.91 Å². The van der Waals surface area contributed by atoms with Gasteiger partial charge in [-0.3, -0.25) is 4.79 Å². The Labute approximate surface area is 132 Å². The van der Waals surface area contributed by atoms with Crippen LogP contribution in [0.25, 0.3) is 0 Å². The SMILES string of the molecule is O=C(CSCc1nnnn1C1CCCC1)NCc1ccco1. The fourth-order valence-electron chi connectivity index (χ4n) is 2.62. The summed E-state index contributed by atoms with van der Waals surface area (Å²) in [6.45, 7) is 0.423. The number of hydrogen-bond acceptors (Lipinski definition) is 6. The van der Waals surface area contributed by atoms with E-state index in [9.17, 15) is 4.79 Å². The Hall–Kier alpha value is -1.83. The van der Waals surface area contributed by atoms with Crippen molar-refractivity contribution in [2.24, 2.45) is 0 Å². The van der Waals surface area contributed by atoms with E-state index in [4.69, 9.17) is 4.42 Å². The molecule has 1 amide bonds. The van der Waals surface area contributed by atoms with Crippen LogP contribution in [0.15, 0.2) is 22.8 Å². The summed E-state index contributed by atoms with van der Waals surface area (Å²) in [5.74, 6) is 2.64. The van der Waals surface area contributed by atoms with E-state index < -0.39 is 0 Å². The summed E-state index contributed by atoms with van der Waals surface area (Å²) in [6, 6.07) is 4.07. The second kappa shape index (κ2) is 7.44. The third kappa shape index (κ3) is 3.88. The fourth-order valence-corrected chi connectivity index (χ4v) is 3.39. The average Bonchev–Trinajstić information content (AvgIpc) is 3.26. The van der Waals surface area contributed by atoms with E-state index in [0.717, 1.165) is 24.4 Å². The molecule has 0 spiro atoms. The van der Waals surface area contributed by atoms with Crippen LogP contribution in [0.3, 0.4) is 0 Å². The lowest BCUT2D eigenvalue weighted by atomic mass is 10.2. The van der Waals surface area contributed by atoms with Gasteiger partial charge in [0.25, 0.3) is 0 Å². The Morgan fingerprint density at radius 2 is 2.32 bits per heavy atom. The molecule has 1 aliphatic carbocycles. The number of rotatable bonds is 7. The molecular weight excluding hydrogens is 302 g/mol. The second-order valence-corrected chi connectivity index (χ2v) is 6.31. The molecule has 0 radical (unpaired) electrons. The number of carbonyl (C=O) groups is 1. The van der Waals surface area contributed by atoms with Crippen molar-refractivity contribution in [1.29, 1.82) is 0 Å². The van der Waals surface area contributed by atoms with Gasteiger partial charge in [-0.2, -0.15) is 0 Å². The smallest absolute Gasteiger partial charge is 0.230 e. The Bertz CT molecular complexity index is 592. The molecule has 8 heteroatoms. The summed E-state index contributed by atoms with van der Waals surface area (Å²) < 4.78 is 7.10. The van der Waals surface area contributed by atoms with Crippen molar-refractivity contribution in [3.05, 3.63) is 30.0 Å². The molecule has 7 nitrogen and oxygen atoms in total. The number of nitrogens with one attached hydrogen (secondary N) is 1. The molecule has 3 rings (SSSR count). The quantitative estimate of drug-likeness (QED) is 0.838. The van der Waals surface area contributed by atoms with Gasteiger partial charge in [-0.25, -0.2) is 4.68 Å². The summed E-state index contributed by atoms with van der Waals surface area (Å²) >= 11 is 1.52. The number of amides is 1. The zero-order valence-electron chi connectivity index (χ0n) is 12.3. The Morgan fingerprint density at radius 3 is 3.09 bits per heavy atom. The van der Waals surface area contributed by atoms with Crippen molar-refractivity contribution < 1.29 is 9.21 Å². The molecule has 0 aromatic carbocycles. The summed E-state index contributed by atoms with van der Waals surface area (Å²) in [4.78, 5) is 11.8. The van der Waals surface area contributed by atoms with Crippen molar-refractivity contribution in [3.63, 3.8) is 0 Å². The molecule has 0 atom stereocenters. The van der Waals surface area contributed by atoms with E-state index >= 15 is 0 Å². The predicted molar refractivity (Wildman–Crippen MR) is 82.0 cm³/mol. The summed E-state index contributed by atoms with van der Waals surface area (Å²) in [5.41, 5.74) is 0. The molecule has 1 saturated carbocycles. The largest absolute Gasteiger partial charge is 0.467 e. The number of hydrogen-bond donors (Lipinski definition) is 1. The zero-order chi connectivity index (χ0) is 15.2. The molecule has 1 aliphatic rings. The maximum absolute atomic E-state index is 11.8. The molecule has 22 heavy (non-hydrogen) atoms. The van der Waals surface area contributed by atoms with E-state index in [0.29, 0.717) is 24.1 Å². The van der Waals surface area contributed by atoms with Crippen LogP contribution in [0.1, 0.15) is 43.3 Å². The number of tetrazole rings is 1. The average molecular weight is 321 g/mol. The lowest BCUT2D eigenvalue weighted by Gasteiger charge is -2.10. The minimum absolute atomic E-state index is 0.0127. The summed E-state index contributed by atoms with van der Waals surface area (Å²) in [6.07, 6.45) is 6.37. The standard InChI is InChI=1S/C14H19N5O2S/c20-14(15-8-12-6-3-7-21-12)10-22-9-13-16-17-18-19(13)11-4-1-2-5-11/h3,6-7,11H,1-2,4-5,8-10H2,(H,15,20). The minimum atomic E-state index is -0.0127. The Balaban J connectivity index is 1.41. The highest BCUT2D eigenvalue weighted by atomic mass is 32.2. The normalized spacial score (nSPS) is 15.3. The van der Waals surface area contributed by atoms with Crippen LogP contribution in [0.5, 0.6) is 0 Å². The highest BCUT2D eigenvalue weighted by Crippen LogP contribution is 2.29. The van der Waals surface area contributed by atoms with Gasteiger partial charge in [-0.05, 0) is 35.4 Å². The third-order valence-corrected chi connectivity index (χ3v) is 4.66. The first-order valence-electron chi connectivity index (χ1n) is 7.46. The number of furan rings is 1. The highest BCUT2D eigenvalue weighted by Gasteiger charge is 2.21. The number of nitrogens with zero attached hydrogens (tertiary/aromatic N) is 4. The molecule has 118 valence electrons. The Kier molecular flexibility index (Phi) is 5.10. The van der Waals surface area contributed by atoms with E-state index in [1.807, 2.05) is 10.7 Å². The van der Waals surface area contributed by atoms with Gasteiger partial charge in [0.1, 0.15) is 5.76 Å². The van der Waals surface area contributed by atoms with Gasteiger partial charge >= 0.3 is 0 Å². The van der Waals surface area contributed by atoms with Crippen LogP contribution in [-0.4, -0.2) is 31.9 Å². The van der Waals surface area contributed by atoms with Gasteiger partial charge in [0.05, 0.1) is 30.4 Å². The lowest BCUT2D eigenvalue weighted by molar-refractivity contribution is -0.118. The van der Waals surface area contributed by atoms with Crippen LogP contribution in [0.4, 0.5) is 0 Å². The van der Waals surface area contributed by atoms with Crippen LogP contribution < -0.4 is 5.32 Å². The summed E-state index contributed by atoms with van der Waals surface area (Å²) in [5, 5.41) is 14.8. The van der Waals surface area contributed by atoms with Gasteiger partial charge in [0.2, 0.25) is 5.91 Å². The van der Waals surface area contributed by atoms with Gasteiger partial charge in [0, 0.05) is 0 Å². The molecule has 2 aromatic heterocycles. The fraction of sp³-hybridized carbons (Fsp3) is 0.571. The molecule has 0 aliphatic heterocycles. The van der Waals surface area contributed by atoms with Crippen molar-refractivity contribution in [3.8, 4) is 0 Å². The molecule has 0 bridgehead atoms. The molecule has 1 N–H and O–H groups in total. The van der Waals surface area contributed by atoms with Crippen LogP contribution in [-0.2, 0) is 17.1 Å². The van der Waals surface area contributed by atoms with Gasteiger partial charge < -0.3 is 9.73 Å². The van der Waals surface area contributed by atoms with Crippen molar-refractivity contribution in [2.75, 3.05) is 5.75 Å². The van der Waals surface area contributed by atoms with Gasteiger partial charge in [-0.1, -0.05) is 12.8 Å². The molecule has 2 heterocycles. The molecule has 0 unspecified atom stereocenters. The first-order chi connectivity index (χ1) is 10.8. The first-order valence-corrected chi connectivity index (χ1v) is 8.62. The lowest BCUT2D eigenvalue weighted by Crippen LogP contribution is -2.24. The van der Waals surface area contributed by atoms with Crippen LogP contribution in [0.2, 0.25) is 0 Å². The zero-order valence-corrected chi connectivity index (χ0v) is 13.1. The first kappa shape index (κ1) is 15.1. The number of aromatic nitrogens is 4. The van der Waals surface area contributed by atoms with Gasteiger partial charge in [0.15, 0.2) is 5.82 Å². The molecular formula is C14H19N5O2S. The summed E-state index contributed by atoms with van der Waals surface area (Å²) in [7, 11) is 0. The maximum atomic E-state index is 11.8. The third-order valence-electron chi connectivity index (χ3n) is 3.74. The van der Waals surface area contributed by atoms with E-state index in [1.54, 1.807) is 12.3 Å². The highest BCUT2D eigenvalue weighted by molar-refractivity contribution is 7.99. The van der Waals surface area contributed by atoms with E-state index in [1.165, 1.54) is 24.6 Å². The maximum Gasteiger partial charge on any atom is 0.230 e. The number of carbonyl (C=O) groups excluding carboxylic acids is 1. The monoisotopic (exact) mass is 321 g/mol. The molecule has 2 aromatic rings. The number of thioether (sulfide) groups is 1. The van der Waals surface area contributed by atoms with Crippen molar-refractivity contribution in [2.45, 2.75) is 44.0 Å². The van der Waals surface area contributed by atoms with Gasteiger partial charge in [-0.15, -0.1) is 16.9 Å². The minimum Gasteiger partial charge on any atom is -0.467 e.